The number of carbonyl (C=O) groups excluding carboxylic acids is 2. The van der Waals surface area contributed by atoms with Gasteiger partial charge < -0.3 is 8.83 Å². The summed E-state index contributed by atoms with van der Waals surface area (Å²) in [4.78, 5) is 21.4. The van der Waals surface area contributed by atoms with Crippen molar-refractivity contribution >= 4 is 23.2 Å². The summed E-state index contributed by atoms with van der Waals surface area (Å²) in [6.07, 6.45) is 12.2. The molecule has 0 N–H and O–H groups in total. The third kappa shape index (κ3) is 4.45. The van der Waals surface area contributed by atoms with Crippen LogP contribution < -0.4 is 0 Å². The summed E-state index contributed by atoms with van der Waals surface area (Å²) in [5.41, 5.74) is 0.847. The minimum absolute atomic E-state index is 0.0244. The van der Waals surface area contributed by atoms with E-state index < -0.39 is 0 Å². The fourth-order valence-corrected chi connectivity index (χ4v) is 1.64. The van der Waals surface area contributed by atoms with Crippen molar-refractivity contribution in [2.24, 2.45) is 0 Å². The average molecular weight is 294 g/mol. The standard InChI is InChI=1S/C9H6O2.C9H8O2/c10-8-4-3-7(6-8)9-2-1-5-11-9;1-2-8(10)5-6-9-4-3-7-11-9/h1-6H;2-7H,1H2/b;6-5+. The molecule has 110 valence electrons. The molecule has 0 saturated heterocycles. The van der Waals surface area contributed by atoms with Gasteiger partial charge in [-0.25, -0.2) is 0 Å². The summed E-state index contributed by atoms with van der Waals surface area (Å²) in [6, 6.07) is 7.16. The summed E-state index contributed by atoms with van der Waals surface area (Å²) in [5.74, 6) is 1.31. The first kappa shape index (κ1) is 15.3. The molecule has 3 rings (SSSR count). The van der Waals surface area contributed by atoms with Gasteiger partial charge in [0.1, 0.15) is 11.5 Å². The van der Waals surface area contributed by atoms with Gasteiger partial charge >= 0.3 is 0 Å². The van der Waals surface area contributed by atoms with Crippen LogP contribution in [0.3, 0.4) is 0 Å². The van der Waals surface area contributed by atoms with E-state index in [1.807, 2.05) is 6.07 Å². The van der Waals surface area contributed by atoms with E-state index in [0.29, 0.717) is 5.76 Å². The van der Waals surface area contributed by atoms with Crippen LogP contribution in [0.4, 0.5) is 0 Å². The minimum atomic E-state index is -0.124. The number of ketones is 2. The Bertz CT molecular complexity index is 724. The number of furan rings is 2. The highest BCUT2D eigenvalue weighted by Gasteiger charge is 2.08. The molecule has 2 aromatic heterocycles. The highest BCUT2D eigenvalue weighted by molar-refractivity contribution is 6.10. The van der Waals surface area contributed by atoms with Crippen LogP contribution in [0, 0.1) is 0 Å². The van der Waals surface area contributed by atoms with Crippen molar-refractivity contribution in [3.63, 3.8) is 0 Å². The zero-order valence-electron chi connectivity index (χ0n) is 11.8. The fourth-order valence-electron chi connectivity index (χ4n) is 1.64. The van der Waals surface area contributed by atoms with Crippen molar-refractivity contribution in [3.05, 3.63) is 85.3 Å². The largest absolute Gasteiger partial charge is 0.465 e. The van der Waals surface area contributed by atoms with Crippen molar-refractivity contribution in [1.29, 1.82) is 0 Å². The smallest absolute Gasteiger partial charge is 0.179 e. The van der Waals surface area contributed by atoms with Gasteiger partial charge in [-0.15, -0.1) is 0 Å². The first-order chi connectivity index (χ1) is 10.7. The van der Waals surface area contributed by atoms with Gasteiger partial charge in [0.2, 0.25) is 0 Å². The van der Waals surface area contributed by atoms with Crippen molar-refractivity contribution in [2.45, 2.75) is 0 Å². The van der Waals surface area contributed by atoms with Crippen LogP contribution in [-0.4, -0.2) is 11.6 Å². The average Bonchev–Trinajstić information content (AvgIpc) is 3.26. The second kappa shape index (κ2) is 7.59. The molecule has 2 heterocycles. The zero-order chi connectivity index (χ0) is 15.8. The predicted molar refractivity (Wildman–Crippen MR) is 83.8 cm³/mol. The molecule has 0 radical (unpaired) electrons. The van der Waals surface area contributed by atoms with Gasteiger partial charge in [-0.05, 0) is 60.7 Å². The van der Waals surface area contributed by atoms with Crippen LogP contribution in [0.2, 0.25) is 0 Å². The Kier molecular flexibility index (Phi) is 5.26. The van der Waals surface area contributed by atoms with E-state index >= 15 is 0 Å². The Morgan fingerprint density at radius 1 is 1.09 bits per heavy atom. The molecule has 22 heavy (non-hydrogen) atoms. The van der Waals surface area contributed by atoms with Gasteiger partial charge in [0.15, 0.2) is 11.6 Å². The van der Waals surface area contributed by atoms with E-state index in [1.165, 1.54) is 18.2 Å². The second-order valence-electron chi connectivity index (χ2n) is 4.27. The van der Waals surface area contributed by atoms with E-state index in [0.717, 1.165) is 11.3 Å². The number of carbonyl (C=O) groups is 2. The van der Waals surface area contributed by atoms with Crippen molar-refractivity contribution < 1.29 is 18.4 Å². The molecule has 1 aliphatic rings. The first-order valence-corrected chi connectivity index (χ1v) is 6.54. The Hall–Kier alpha value is -3.14. The summed E-state index contributed by atoms with van der Waals surface area (Å²) in [6.45, 7) is 3.33. The maximum Gasteiger partial charge on any atom is 0.179 e. The molecule has 4 heteroatoms. The lowest BCUT2D eigenvalue weighted by atomic mass is 10.2. The second-order valence-corrected chi connectivity index (χ2v) is 4.27. The molecule has 0 aliphatic heterocycles. The summed E-state index contributed by atoms with van der Waals surface area (Å²) in [7, 11) is 0. The molecule has 0 atom stereocenters. The van der Waals surface area contributed by atoms with Gasteiger partial charge in [-0.2, -0.15) is 0 Å². The summed E-state index contributed by atoms with van der Waals surface area (Å²) in [5, 5.41) is 0. The molecule has 0 spiro atoms. The molecular weight excluding hydrogens is 280 g/mol. The summed E-state index contributed by atoms with van der Waals surface area (Å²) < 4.78 is 10.0. The third-order valence-corrected chi connectivity index (χ3v) is 2.69. The quantitative estimate of drug-likeness (QED) is 0.804. The van der Waals surface area contributed by atoms with Crippen LogP contribution in [0.5, 0.6) is 0 Å². The number of hydrogen-bond donors (Lipinski definition) is 0. The van der Waals surface area contributed by atoms with Gasteiger partial charge in [0.25, 0.3) is 0 Å². The molecule has 4 nitrogen and oxygen atoms in total. The van der Waals surface area contributed by atoms with E-state index in [-0.39, 0.29) is 11.6 Å². The Morgan fingerprint density at radius 3 is 2.41 bits per heavy atom. The molecule has 1 aliphatic carbocycles. The Morgan fingerprint density at radius 2 is 1.86 bits per heavy atom. The molecular formula is C18H14O4. The van der Waals surface area contributed by atoms with E-state index in [4.69, 9.17) is 8.83 Å². The van der Waals surface area contributed by atoms with Crippen LogP contribution in [0.15, 0.2) is 82.6 Å². The van der Waals surface area contributed by atoms with Crippen molar-refractivity contribution in [1.82, 2.24) is 0 Å². The highest BCUT2D eigenvalue weighted by atomic mass is 16.3. The third-order valence-electron chi connectivity index (χ3n) is 2.69. The highest BCUT2D eigenvalue weighted by Crippen LogP contribution is 2.19. The lowest BCUT2D eigenvalue weighted by molar-refractivity contribution is -0.111. The number of allylic oxidation sites excluding steroid dienone is 6. The van der Waals surface area contributed by atoms with Crippen LogP contribution in [0.1, 0.15) is 11.5 Å². The number of rotatable bonds is 4. The molecule has 0 aromatic carbocycles. The molecule has 0 amide bonds. The maximum absolute atomic E-state index is 10.7. The molecule has 0 fully saturated rings. The topological polar surface area (TPSA) is 60.4 Å². The maximum atomic E-state index is 10.7. The van der Waals surface area contributed by atoms with Crippen molar-refractivity contribution in [3.8, 4) is 0 Å². The van der Waals surface area contributed by atoms with Crippen LogP contribution in [-0.2, 0) is 9.59 Å². The Balaban J connectivity index is 0.000000160. The zero-order valence-corrected chi connectivity index (χ0v) is 11.8. The molecule has 0 unspecified atom stereocenters. The van der Waals surface area contributed by atoms with E-state index in [1.54, 1.807) is 49.0 Å². The van der Waals surface area contributed by atoms with Crippen LogP contribution >= 0.6 is 0 Å². The molecule has 0 bridgehead atoms. The molecule has 2 aromatic rings. The monoisotopic (exact) mass is 294 g/mol. The summed E-state index contributed by atoms with van der Waals surface area (Å²) >= 11 is 0. The van der Waals surface area contributed by atoms with E-state index in [9.17, 15) is 9.59 Å². The normalized spacial score (nSPS) is 12.9. The van der Waals surface area contributed by atoms with Gasteiger partial charge in [-0.3, -0.25) is 9.59 Å². The number of hydrogen-bond acceptors (Lipinski definition) is 4. The van der Waals surface area contributed by atoms with Gasteiger partial charge in [0.05, 0.1) is 12.5 Å². The lowest BCUT2D eigenvalue weighted by Gasteiger charge is -1.88. The van der Waals surface area contributed by atoms with E-state index in [2.05, 4.69) is 6.58 Å². The lowest BCUT2D eigenvalue weighted by Crippen LogP contribution is -1.81. The first-order valence-electron chi connectivity index (χ1n) is 6.54. The fraction of sp³-hybridized carbons (Fsp3) is 0. The minimum Gasteiger partial charge on any atom is -0.465 e. The SMILES string of the molecule is C=CC(=O)/C=C/c1ccco1.O=C1C=CC(c2ccco2)=C1. The van der Waals surface area contributed by atoms with Gasteiger partial charge in [0, 0.05) is 5.57 Å². The van der Waals surface area contributed by atoms with Gasteiger partial charge in [-0.1, -0.05) is 6.58 Å². The van der Waals surface area contributed by atoms with Crippen molar-refractivity contribution in [2.75, 3.05) is 0 Å². The predicted octanol–water partition coefficient (Wildman–Crippen LogP) is 3.85. The Labute approximate surface area is 127 Å². The van der Waals surface area contributed by atoms with Crippen LogP contribution in [0.25, 0.3) is 11.6 Å². The molecule has 0 saturated carbocycles.